The van der Waals surface area contributed by atoms with E-state index in [4.69, 9.17) is 4.74 Å². The smallest absolute Gasteiger partial charge is 0.227 e. The van der Waals surface area contributed by atoms with E-state index >= 15 is 0 Å². The summed E-state index contributed by atoms with van der Waals surface area (Å²) < 4.78 is 6.25. The van der Waals surface area contributed by atoms with Gasteiger partial charge in [-0.05, 0) is 48.4 Å². The second kappa shape index (κ2) is 7.54. The van der Waals surface area contributed by atoms with Crippen LogP contribution in [0.4, 0.5) is 0 Å². The number of thiophene rings is 1. The standard InChI is InChI=1S/C22H25N3O3S/c26-19-13-17(14-25(19)15-18-3-1-2-8-23-18)21(27)24-9-6-22(7-10-24)20-16(4-11-28-22)5-12-29-20/h1-3,5,8,12,17H,4,6-7,9-11,13-15H2. The van der Waals surface area contributed by atoms with Crippen LogP contribution in [0, 0.1) is 5.92 Å². The van der Waals surface area contributed by atoms with E-state index in [0.717, 1.165) is 31.6 Å². The van der Waals surface area contributed by atoms with Crippen molar-refractivity contribution in [2.24, 2.45) is 5.92 Å². The molecule has 6 nitrogen and oxygen atoms in total. The largest absolute Gasteiger partial charge is 0.369 e. The Morgan fingerprint density at radius 2 is 2.14 bits per heavy atom. The van der Waals surface area contributed by atoms with E-state index in [9.17, 15) is 9.59 Å². The predicted molar refractivity (Wildman–Crippen MR) is 109 cm³/mol. The first-order valence-electron chi connectivity index (χ1n) is 10.3. The van der Waals surface area contributed by atoms with Crippen molar-refractivity contribution in [3.8, 4) is 0 Å². The van der Waals surface area contributed by atoms with Crippen molar-refractivity contribution in [1.29, 1.82) is 0 Å². The Balaban J connectivity index is 1.21. The third kappa shape index (κ3) is 3.46. The highest BCUT2D eigenvalue weighted by Gasteiger charge is 2.44. The monoisotopic (exact) mass is 411 g/mol. The number of aromatic nitrogens is 1. The van der Waals surface area contributed by atoms with Crippen LogP contribution in [-0.2, 0) is 32.9 Å². The Morgan fingerprint density at radius 1 is 1.28 bits per heavy atom. The Hall–Kier alpha value is -2.25. The molecule has 1 spiro atoms. The van der Waals surface area contributed by atoms with Crippen LogP contribution in [0.2, 0.25) is 0 Å². The van der Waals surface area contributed by atoms with Gasteiger partial charge in [-0.1, -0.05) is 6.07 Å². The number of ether oxygens (including phenoxy) is 1. The lowest BCUT2D eigenvalue weighted by Crippen LogP contribution is -2.49. The number of amides is 2. The summed E-state index contributed by atoms with van der Waals surface area (Å²) in [4.78, 5) is 34.9. The van der Waals surface area contributed by atoms with Crippen molar-refractivity contribution >= 4 is 23.2 Å². The zero-order valence-corrected chi connectivity index (χ0v) is 17.2. The minimum absolute atomic E-state index is 0.0429. The summed E-state index contributed by atoms with van der Waals surface area (Å²) in [6.45, 7) is 3.11. The first-order valence-corrected chi connectivity index (χ1v) is 11.2. The number of fused-ring (bicyclic) bond motifs is 2. The Bertz CT molecular complexity index is 905. The van der Waals surface area contributed by atoms with E-state index in [1.54, 1.807) is 22.4 Å². The summed E-state index contributed by atoms with van der Waals surface area (Å²) >= 11 is 1.78. The fourth-order valence-corrected chi connectivity index (χ4v) is 6.02. The molecule has 0 aromatic carbocycles. The molecule has 7 heteroatoms. The van der Waals surface area contributed by atoms with Crippen LogP contribution in [0.1, 0.15) is 35.4 Å². The van der Waals surface area contributed by atoms with Gasteiger partial charge in [-0.15, -0.1) is 11.3 Å². The zero-order valence-electron chi connectivity index (χ0n) is 16.4. The van der Waals surface area contributed by atoms with E-state index < -0.39 is 0 Å². The molecule has 152 valence electrons. The molecule has 2 aromatic heterocycles. The molecule has 29 heavy (non-hydrogen) atoms. The van der Waals surface area contributed by atoms with Crippen molar-refractivity contribution in [2.75, 3.05) is 26.2 Å². The lowest BCUT2D eigenvalue weighted by Gasteiger charge is -2.44. The van der Waals surface area contributed by atoms with E-state index in [0.29, 0.717) is 32.6 Å². The van der Waals surface area contributed by atoms with E-state index in [-0.39, 0.29) is 23.3 Å². The first-order chi connectivity index (χ1) is 14.1. The number of nitrogens with zero attached hydrogens (tertiary/aromatic N) is 3. The molecule has 0 aliphatic carbocycles. The first kappa shape index (κ1) is 18.8. The van der Waals surface area contributed by atoms with Gasteiger partial charge >= 0.3 is 0 Å². The number of rotatable bonds is 3. The van der Waals surface area contributed by atoms with Crippen molar-refractivity contribution in [3.05, 3.63) is 52.0 Å². The average Bonchev–Trinajstić information content (AvgIpc) is 3.37. The molecule has 2 amide bonds. The highest BCUT2D eigenvalue weighted by atomic mass is 32.1. The third-order valence-electron chi connectivity index (χ3n) is 6.44. The van der Waals surface area contributed by atoms with Gasteiger partial charge in [0.05, 0.1) is 24.8 Å². The summed E-state index contributed by atoms with van der Waals surface area (Å²) in [6, 6.07) is 7.90. The van der Waals surface area contributed by atoms with Crippen LogP contribution >= 0.6 is 11.3 Å². The minimum atomic E-state index is -0.246. The maximum Gasteiger partial charge on any atom is 0.227 e. The van der Waals surface area contributed by atoms with E-state index in [2.05, 4.69) is 16.4 Å². The van der Waals surface area contributed by atoms with Gasteiger partial charge in [0.2, 0.25) is 11.8 Å². The molecule has 3 aliphatic heterocycles. The summed E-state index contributed by atoms with van der Waals surface area (Å²) in [6.07, 6.45) is 4.70. The van der Waals surface area contributed by atoms with Crippen molar-refractivity contribution in [1.82, 2.24) is 14.8 Å². The molecule has 2 saturated heterocycles. The lowest BCUT2D eigenvalue weighted by atomic mass is 9.85. The SMILES string of the molecule is O=C1CC(C(=O)N2CCC3(CC2)OCCc2ccsc23)CN1Cc1ccccn1. The second-order valence-corrected chi connectivity index (χ2v) is 9.11. The molecule has 1 unspecified atom stereocenters. The van der Waals surface area contributed by atoms with Crippen LogP contribution in [0.5, 0.6) is 0 Å². The van der Waals surface area contributed by atoms with E-state index in [1.807, 2.05) is 23.1 Å². The zero-order chi connectivity index (χ0) is 19.8. The normalized spacial score (nSPS) is 23.4. The molecule has 0 radical (unpaired) electrons. The van der Waals surface area contributed by atoms with Crippen LogP contribution in [0.25, 0.3) is 0 Å². The Labute approximate surface area is 174 Å². The molecule has 0 bridgehead atoms. The van der Waals surface area contributed by atoms with Crippen LogP contribution in [0.3, 0.4) is 0 Å². The molecule has 2 fully saturated rings. The maximum atomic E-state index is 13.1. The molecular formula is C22H25N3O3S. The number of pyridine rings is 1. The molecule has 5 rings (SSSR count). The third-order valence-corrected chi connectivity index (χ3v) is 7.58. The molecular weight excluding hydrogens is 386 g/mol. The maximum absolute atomic E-state index is 13.1. The fourth-order valence-electron chi connectivity index (χ4n) is 4.85. The van der Waals surface area contributed by atoms with Gasteiger partial charge in [0.1, 0.15) is 5.60 Å². The number of hydrogen-bond donors (Lipinski definition) is 0. The van der Waals surface area contributed by atoms with E-state index in [1.165, 1.54) is 10.4 Å². The van der Waals surface area contributed by atoms with Gasteiger partial charge in [0, 0.05) is 37.1 Å². The number of piperidine rings is 1. The number of likely N-dealkylation sites (tertiary alicyclic amines) is 2. The predicted octanol–water partition coefficient (Wildman–Crippen LogP) is 2.58. The molecule has 3 aliphatic rings. The Morgan fingerprint density at radius 3 is 2.93 bits per heavy atom. The van der Waals surface area contributed by atoms with Crippen LogP contribution in [-0.4, -0.2) is 52.8 Å². The molecule has 5 heterocycles. The highest BCUT2D eigenvalue weighted by Crippen LogP contribution is 2.44. The number of carbonyl (C=O) groups is 2. The summed E-state index contributed by atoms with van der Waals surface area (Å²) in [5, 5.41) is 2.15. The average molecular weight is 412 g/mol. The van der Waals surface area contributed by atoms with Crippen LogP contribution in [0.15, 0.2) is 35.8 Å². The van der Waals surface area contributed by atoms with Gasteiger partial charge in [0.25, 0.3) is 0 Å². The van der Waals surface area contributed by atoms with Crippen LogP contribution < -0.4 is 0 Å². The van der Waals surface area contributed by atoms with Gasteiger partial charge in [-0.25, -0.2) is 0 Å². The van der Waals surface area contributed by atoms with Crippen molar-refractivity contribution in [3.63, 3.8) is 0 Å². The van der Waals surface area contributed by atoms with Gasteiger partial charge in [-0.2, -0.15) is 0 Å². The second-order valence-electron chi connectivity index (χ2n) is 8.19. The lowest BCUT2D eigenvalue weighted by molar-refractivity contribution is -0.144. The molecule has 0 N–H and O–H groups in total. The Kier molecular flexibility index (Phi) is 4.87. The molecule has 1 atom stereocenters. The summed E-state index contributed by atoms with van der Waals surface area (Å²) in [5.41, 5.74) is 2.05. The minimum Gasteiger partial charge on any atom is -0.369 e. The topological polar surface area (TPSA) is 62.7 Å². The van der Waals surface area contributed by atoms with Gasteiger partial charge in [0.15, 0.2) is 0 Å². The fraction of sp³-hybridized carbons (Fsp3) is 0.500. The quantitative estimate of drug-likeness (QED) is 0.779. The van der Waals surface area contributed by atoms with Crippen molar-refractivity contribution in [2.45, 2.75) is 37.8 Å². The molecule has 2 aromatic rings. The number of hydrogen-bond acceptors (Lipinski definition) is 5. The molecule has 0 saturated carbocycles. The van der Waals surface area contributed by atoms with Crippen molar-refractivity contribution < 1.29 is 14.3 Å². The van der Waals surface area contributed by atoms with Gasteiger partial charge < -0.3 is 14.5 Å². The summed E-state index contributed by atoms with van der Waals surface area (Å²) in [5.74, 6) is -0.0925. The summed E-state index contributed by atoms with van der Waals surface area (Å²) in [7, 11) is 0. The highest BCUT2D eigenvalue weighted by molar-refractivity contribution is 7.10. The van der Waals surface area contributed by atoms with Gasteiger partial charge in [-0.3, -0.25) is 14.6 Å². The number of carbonyl (C=O) groups excluding carboxylic acids is 2.